The van der Waals surface area contributed by atoms with Crippen molar-refractivity contribution in [2.24, 2.45) is 0 Å². The first kappa shape index (κ1) is 16.4. The van der Waals surface area contributed by atoms with Gasteiger partial charge >= 0.3 is 0 Å². The molecule has 1 aromatic heterocycles. The number of nitrogens with zero attached hydrogens (tertiary/aromatic N) is 3. The molecular weight excluding hydrogens is 298 g/mol. The third-order valence-electron chi connectivity index (χ3n) is 4.17. The maximum absolute atomic E-state index is 9.08. The second-order valence-corrected chi connectivity index (χ2v) is 6.46. The SMILES string of the molecule is CC(C)c1ccc(Cn2cc(Cc3ccc(CO)cc3)nn2)cc1. The molecule has 0 aliphatic carbocycles. The minimum absolute atomic E-state index is 0.0755. The van der Waals surface area contributed by atoms with E-state index in [1.165, 1.54) is 16.7 Å². The molecule has 0 bridgehead atoms. The van der Waals surface area contributed by atoms with Crippen LogP contribution in [0.2, 0.25) is 0 Å². The molecule has 0 atom stereocenters. The highest BCUT2D eigenvalue weighted by Crippen LogP contribution is 2.15. The van der Waals surface area contributed by atoms with Crippen molar-refractivity contribution in [3.8, 4) is 0 Å². The van der Waals surface area contributed by atoms with E-state index in [4.69, 9.17) is 5.11 Å². The van der Waals surface area contributed by atoms with Crippen molar-refractivity contribution in [2.75, 3.05) is 0 Å². The summed E-state index contributed by atoms with van der Waals surface area (Å²) in [5.41, 5.74) is 5.62. The Labute approximate surface area is 142 Å². The molecule has 2 aromatic carbocycles. The molecule has 4 heteroatoms. The Hall–Kier alpha value is -2.46. The highest BCUT2D eigenvalue weighted by atomic mass is 16.3. The van der Waals surface area contributed by atoms with E-state index >= 15 is 0 Å². The summed E-state index contributed by atoms with van der Waals surface area (Å²) in [6, 6.07) is 16.6. The fourth-order valence-corrected chi connectivity index (χ4v) is 2.66. The van der Waals surface area contributed by atoms with Gasteiger partial charge in [-0.05, 0) is 28.2 Å². The number of aliphatic hydroxyl groups excluding tert-OH is 1. The molecule has 4 nitrogen and oxygen atoms in total. The second kappa shape index (κ2) is 7.41. The van der Waals surface area contributed by atoms with Gasteiger partial charge in [-0.15, -0.1) is 5.10 Å². The van der Waals surface area contributed by atoms with Gasteiger partial charge in [0.1, 0.15) is 0 Å². The predicted molar refractivity (Wildman–Crippen MR) is 94.8 cm³/mol. The van der Waals surface area contributed by atoms with Gasteiger partial charge in [-0.2, -0.15) is 0 Å². The maximum Gasteiger partial charge on any atom is 0.0871 e. The van der Waals surface area contributed by atoms with Crippen LogP contribution in [0.1, 0.15) is 47.7 Å². The Kier molecular flexibility index (Phi) is 5.06. The summed E-state index contributed by atoms with van der Waals surface area (Å²) in [6.07, 6.45) is 2.74. The minimum Gasteiger partial charge on any atom is -0.392 e. The number of hydrogen-bond acceptors (Lipinski definition) is 3. The smallest absolute Gasteiger partial charge is 0.0871 e. The molecule has 0 unspecified atom stereocenters. The van der Waals surface area contributed by atoms with Crippen molar-refractivity contribution in [3.63, 3.8) is 0 Å². The van der Waals surface area contributed by atoms with Crippen LogP contribution in [0.3, 0.4) is 0 Å². The molecule has 0 spiro atoms. The molecule has 0 radical (unpaired) electrons. The summed E-state index contributed by atoms with van der Waals surface area (Å²) in [4.78, 5) is 0. The van der Waals surface area contributed by atoms with Crippen molar-refractivity contribution in [1.82, 2.24) is 15.0 Å². The summed E-state index contributed by atoms with van der Waals surface area (Å²) >= 11 is 0. The van der Waals surface area contributed by atoms with Crippen molar-refractivity contribution >= 4 is 0 Å². The lowest BCUT2D eigenvalue weighted by Crippen LogP contribution is -2.00. The molecule has 1 heterocycles. The van der Waals surface area contributed by atoms with Crippen LogP contribution < -0.4 is 0 Å². The Bertz CT molecular complexity index is 773. The average molecular weight is 321 g/mol. The molecule has 0 amide bonds. The van der Waals surface area contributed by atoms with Crippen molar-refractivity contribution in [2.45, 2.75) is 39.3 Å². The monoisotopic (exact) mass is 321 g/mol. The van der Waals surface area contributed by atoms with Crippen molar-refractivity contribution in [3.05, 3.63) is 82.7 Å². The van der Waals surface area contributed by atoms with Gasteiger partial charge in [-0.1, -0.05) is 67.6 Å². The summed E-state index contributed by atoms with van der Waals surface area (Å²) in [5, 5.41) is 17.6. The third-order valence-corrected chi connectivity index (χ3v) is 4.17. The van der Waals surface area contributed by atoms with Crippen LogP contribution in [0.15, 0.2) is 54.7 Å². The number of benzene rings is 2. The van der Waals surface area contributed by atoms with Gasteiger partial charge in [0.25, 0.3) is 0 Å². The Morgan fingerprint density at radius 2 is 1.54 bits per heavy atom. The topological polar surface area (TPSA) is 50.9 Å². The number of hydrogen-bond donors (Lipinski definition) is 1. The van der Waals surface area contributed by atoms with Gasteiger partial charge < -0.3 is 5.11 Å². The number of aliphatic hydroxyl groups is 1. The molecule has 124 valence electrons. The van der Waals surface area contributed by atoms with E-state index in [2.05, 4.69) is 48.4 Å². The molecule has 0 aliphatic rings. The summed E-state index contributed by atoms with van der Waals surface area (Å²) in [5.74, 6) is 0.550. The Balaban J connectivity index is 1.64. The van der Waals surface area contributed by atoms with E-state index in [0.717, 1.165) is 24.2 Å². The first-order valence-electron chi connectivity index (χ1n) is 8.30. The number of aromatic nitrogens is 3. The van der Waals surface area contributed by atoms with Gasteiger partial charge in [-0.25, -0.2) is 4.68 Å². The molecule has 24 heavy (non-hydrogen) atoms. The van der Waals surface area contributed by atoms with E-state index in [9.17, 15) is 0 Å². The number of rotatable bonds is 6. The van der Waals surface area contributed by atoms with Crippen LogP contribution >= 0.6 is 0 Å². The van der Waals surface area contributed by atoms with Crippen LogP contribution in [-0.4, -0.2) is 20.1 Å². The van der Waals surface area contributed by atoms with E-state index in [-0.39, 0.29) is 6.61 Å². The lowest BCUT2D eigenvalue weighted by Gasteiger charge is -2.06. The molecular formula is C20H23N3O. The van der Waals surface area contributed by atoms with Crippen LogP contribution in [0.25, 0.3) is 0 Å². The highest BCUT2D eigenvalue weighted by molar-refractivity contribution is 5.26. The van der Waals surface area contributed by atoms with Crippen LogP contribution in [-0.2, 0) is 19.6 Å². The lowest BCUT2D eigenvalue weighted by atomic mass is 10.0. The van der Waals surface area contributed by atoms with Gasteiger partial charge in [0, 0.05) is 12.6 Å². The third kappa shape index (κ3) is 4.09. The van der Waals surface area contributed by atoms with E-state index in [1.807, 2.05) is 35.1 Å². The fourth-order valence-electron chi connectivity index (χ4n) is 2.66. The summed E-state index contributed by atoms with van der Waals surface area (Å²) in [6.45, 7) is 5.21. The summed E-state index contributed by atoms with van der Waals surface area (Å²) < 4.78 is 1.88. The van der Waals surface area contributed by atoms with Crippen LogP contribution in [0.4, 0.5) is 0 Å². The Morgan fingerprint density at radius 1 is 0.917 bits per heavy atom. The van der Waals surface area contributed by atoms with Crippen LogP contribution in [0.5, 0.6) is 0 Å². The predicted octanol–water partition coefficient (Wildman–Crippen LogP) is 3.53. The lowest BCUT2D eigenvalue weighted by molar-refractivity contribution is 0.282. The van der Waals surface area contributed by atoms with Gasteiger partial charge in [-0.3, -0.25) is 0 Å². The first-order valence-corrected chi connectivity index (χ1v) is 8.30. The zero-order valence-electron chi connectivity index (χ0n) is 14.2. The highest BCUT2D eigenvalue weighted by Gasteiger charge is 2.04. The minimum atomic E-state index is 0.0755. The van der Waals surface area contributed by atoms with E-state index < -0.39 is 0 Å². The maximum atomic E-state index is 9.08. The molecule has 3 rings (SSSR count). The quantitative estimate of drug-likeness (QED) is 0.755. The van der Waals surface area contributed by atoms with Crippen molar-refractivity contribution < 1.29 is 5.11 Å². The average Bonchev–Trinajstić information content (AvgIpc) is 3.03. The Morgan fingerprint density at radius 3 is 2.17 bits per heavy atom. The molecule has 0 aliphatic heterocycles. The van der Waals surface area contributed by atoms with Gasteiger partial charge in [0.05, 0.1) is 18.8 Å². The standard InChI is InChI=1S/C20H23N3O/c1-15(2)19-9-7-17(8-10-19)12-23-13-20(21-22-23)11-16-3-5-18(14-24)6-4-16/h3-10,13,15,24H,11-12,14H2,1-2H3. The summed E-state index contributed by atoms with van der Waals surface area (Å²) in [7, 11) is 0. The van der Waals surface area contributed by atoms with E-state index in [0.29, 0.717) is 5.92 Å². The van der Waals surface area contributed by atoms with Crippen LogP contribution in [0, 0.1) is 0 Å². The first-order chi connectivity index (χ1) is 11.6. The van der Waals surface area contributed by atoms with Gasteiger partial charge in [0.15, 0.2) is 0 Å². The zero-order valence-corrected chi connectivity index (χ0v) is 14.2. The molecule has 1 N–H and O–H groups in total. The van der Waals surface area contributed by atoms with Crippen molar-refractivity contribution in [1.29, 1.82) is 0 Å². The largest absolute Gasteiger partial charge is 0.392 e. The zero-order chi connectivity index (χ0) is 16.9. The fraction of sp³-hybridized carbons (Fsp3) is 0.300. The second-order valence-electron chi connectivity index (χ2n) is 6.46. The molecule has 0 saturated carbocycles. The van der Waals surface area contributed by atoms with Gasteiger partial charge in [0.2, 0.25) is 0 Å². The molecule has 0 fully saturated rings. The molecule has 0 saturated heterocycles. The molecule has 3 aromatic rings. The normalized spacial score (nSPS) is 11.2. The van der Waals surface area contributed by atoms with E-state index in [1.54, 1.807) is 0 Å².